The molecule has 29 heavy (non-hydrogen) atoms. The molecule has 1 aromatic carbocycles. The minimum Gasteiger partial charge on any atom is -0.477 e. The van der Waals surface area contributed by atoms with E-state index in [1.165, 1.54) is 4.57 Å². The highest BCUT2D eigenvalue weighted by atomic mass is 19.4. The molecule has 0 bridgehead atoms. The van der Waals surface area contributed by atoms with Crippen molar-refractivity contribution in [3.63, 3.8) is 0 Å². The van der Waals surface area contributed by atoms with E-state index >= 15 is 0 Å². The number of aromatic nitrogens is 1. The van der Waals surface area contributed by atoms with Crippen molar-refractivity contribution in [3.05, 3.63) is 45.5 Å². The number of hydrogen-bond donors (Lipinski definition) is 2. The first kappa shape index (κ1) is 19.8. The van der Waals surface area contributed by atoms with Crippen LogP contribution in [-0.4, -0.2) is 52.9 Å². The molecule has 2 aromatic rings. The number of hydrogen-bond acceptors (Lipinski definition) is 4. The Kier molecular flexibility index (Phi) is 4.47. The third kappa shape index (κ3) is 2.93. The Morgan fingerprint density at radius 2 is 1.97 bits per heavy atom. The van der Waals surface area contributed by atoms with E-state index in [1.807, 2.05) is 0 Å². The number of piperazine rings is 1. The summed E-state index contributed by atoms with van der Waals surface area (Å²) in [5, 5.41) is 12.3. The van der Waals surface area contributed by atoms with Crippen LogP contribution in [0, 0.1) is 5.82 Å². The van der Waals surface area contributed by atoms with E-state index in [-0.39, 0.29) is 16.5 Å². The van der Waals surface area contributed by atoms with Gasteiger partial charge in [0.05, 0.1) is 23.5 Å². The molecule has 2 unspecified atom stereocenters. The highest BCUT2D eigenvalue weighted by Crippen LogP contribution is 2.53. The fourth-order valence-electron chi connectivity index (χ4n) is 4.86. The van der Waals surface area contributed by atoms with E-state index < -0.39 is 47.0 Å². The van der Waals surface area contributed by atoms with Gasteiger partial charge in [-0.25, -0.2) is 9.18 Å². The van der Waals surface area contributed by atoms with E-state index in [0.29, 0.717) is 26.2 Å². The van der Waals surface area contributed by atoms with E-state index in [0.717, 1.165) is 18.3 Å². The number of carbonyl (C=O) groups is 1. The van der Waals surface area contributed by atoms with Crippen LogP contribution in [0.4, 0.5) is 17.6 Å². The van der Waals surface area contributed by atoms with E-state index in [9.17, 15) is 32.3 Å². The fourth-order valence-corrected chi connectivity index (χ4v) is 4.86. The molecule has 2 aliphatic rings. The Hall–Kier alpha value is -2.46. The number of carboxylic acid groups (broad SMARTS) is 1. The number of halogens is 4. The van der Waals surface area contributed by atoms with Crippen molar-refractivity contribution in [2.75, 3.05) is 26.2 Å². The van der Waals surface area contributed by atoms with Crippen LogP contribution in [0.25, 0.3) is 10.9 Å². The smallest absolute Gasteiger partial charge is 0.391 e. The van der Waals surface area contributed by atoms with Crippen molar-refractivity contribution in [1.29, 1.82) is 0 Å². The van der Waals surface area contributed by atoms with Gasteiger partial charge < -0.3 is 15.0 Å². The summed E-state index contributed by atoms with van der Waals surface area (Å²) >= 11 is 0. The first-order valence-corrected chi connectivity index (χ1v) is 9.21. The van der Waals surface area contributed by atoms with Crippen LogP contribution in [0.3, 0.4) is 0 Å². The Morgan fingerprint density at radius 1 is 1.31 bits per heavy atom. The van der Waals surface area contributed by atoms with Crippen LogP contribution in [0.15, 0.2) is 23.1 Å². The number of carboxylic acids is 1. The summed E-state index contributed by atoms with van der Waals surface area (Å²) in [6, 6.07) is 1.09. The molecule has 0 spiro atoms. The largest absolute Gasteiger partial charge is 0.477 e. The summed E-state index contributed by atoms with van der Waals surface area (Å²) in [6.07, 6.45) is -4.71. The molecule has 0 saturated carbocycles. The number of benzene rings is 1. The molecule has 2 aliphatic heterocycles. The molecule has 1 fully saturated rings. The zero-order valence-corrected chi connectivity index (χ0v) is 15.5. The van der Waals surface area contributed by atoms with E-state index in [2.05, 4.69) is 5.32 Å². The van der Waals surface area contributed by atoms with Gasteiger partial charge in [-0.3, -0.25) is 9.69 Å². The second-order valence-electron chi connectivity index (χ2n) is 7.56. The molecule has 0 aliphatic carbocycles. The molecule has 6 nitrogen and oxygen atoms in total. The van der Waals surface area contributed by atoms with Gasteiger partial charge in [-0.1, -0.05) is 0 Å². The maximum atomic E-state index is 14.5. The SMILES string of the molecule is CC1n2cc(C(=O)O)c(=O)c3cc(F)cc(c32)C1(CC(F)(F)F)N1CCNCC1. The number of nitrogens with one attached hydrogen (secondary N) is 1. The van der Waals surface area contributed by atoms with Gasteiger partial charge in [-0.05, 0) is 19.1 Å². The lowest BCUT2D eigenvalue weighted by atomic mass is 9.80. The summed E-state index contributed by atoms with van der Waals surface area (Å²) in [5.74, 6) is -2.37. The van der Waals surface area contributed by atoms with E-state index in [4.69, 9.17) is 0 Å². The van der Waals surface area contributed by atoms with Crippen molar-refractivity contribution in [1.82, 2.24) is 14.8 Å². The molecule has 0 amide bonds. The average Bonchev–Trinajstić information content (AvgIpc) is 2.87. The minimum atomic E-state index is -4.56. The van der Waals surface area contributed by atoms with Crippen molar-refractivity contribution in [2.24, 2.45) is 0 Å². The number of pyridine rings is 1. The van der Waals surface area contributed by atoms with Crippen molar-refractivity contribution in [2.45, 2.75) is 31.1 Å². The van der Waals surface area contributed by atoms with Gasteiger partial charge >= 0.3 is 12.1 Å². The van der Waals surface area contributed by atoms with Gasteiger partial charge in [0.2, 0.25) is 5.43 Å². The third-order valence-electron chi connectivity index (χ3n) is 6.05. The molecule has 2 atom stereocenters. The van der Waals surface area contributed by atoms with Crippen molar-refractivity contribution in [3.8, 4) is 0 Å². The van der Waals surface area contributed by atoms with Gasteiger partial charge in [0.1, 0.15) is 11.4 Å². The molecule has 1 aromatic heterocycles. The summed E-state index contributed by atoms with van der Waals surface area (Å²) in [5.41, 5.74) is -2.90. The first-order valence-electron chi connectivity index (χ1n) is 9.21. The van der Waals surface area contributed by atoms with Crippen LogP contribution in [-0.2, 0) is 5.54 Å². The third-order valence-corrected chi connectivity index (χ3v) is 6.05. The predicted molar refractivity (Wildman–Crippen MR) is 96.6 cm³/mol. The number of nitrogens with zero attached hydrogens (tertiary/aromatic N) is 2. The molecule has 0 radical (unpaired) electrons. The molecule has 1 saturated heterocycles. The van der Waals surface area contributed by atoms with Crippen LogP contribution in [0.2, 0.25) is 0 Å². The highest BCUT2D eigenvalue weighted by Gasteiger charge is 2.55. The van der Waals surface area contributed by atoms with Gasteiger partial charge in [0, 0.05) is 43.3 Å². The fraction of sp³-hybridized carbons (Fsp3) is 0.474. The van der Waals surface area contributed by atoms with Crippen LogP contribution >= 0.6 is 0 Å². The lowest BCUT2D eigenvalue weighted by Crippen LogP contribution is -2.57. The summed E-state index contributed by atoms with van der Waals surface area (Å²) < 4.78 is 57.2. The molecule has 4 rings (SSSR count). The molecular weight excluding hydrogens is 394 g/mol. The monoisotopic (exact) mass is 413 g/mol. The molecule has 2 N–H and O–H groups in total. The number of alkyl halides is 3. The van der Waals surface area contributed by atoms with Crippen molar-refractivity contribution >= 4 is 16.9 Å². The Morgan fingerprint density at radius 3 is 2.55 bits per heavy atom. The van der Waals surface area contributed by atoms with Crippen molar-refractivity contribution < 1.29 is 27.5 Å². The van der Waals surface area contributed by atoms with Gasteiger partial charge in [0.25, 0.3) is 0 Å². The molecule has 3 heterocycles. The Balaban J connectivity index is 2.08. The van der Waals surface area contributed by atoms with Gasteiger partial charge in [-0.2, -0.15) is 13.2 Å². The first-order chi connectivity index (χ1) is 13.6. The maximum Gasteiger partial charge on any atom is 0.391 e. The quantitative estimate of drug-likeness (QED) is 0.757. The number of rotatable bonds is 3. The zero-order chi connectivity index (χ0) is 21.1. The predicted octanol–water partition coefficient (Wildman–Crippen LogP) is 2.47. The second-order valence-corrected chi connectivity index (χ2v) is 7.56. The topological polar surface area (TPSA) is 74.6 Å². The second kappa shape index (κ2) is 6.53. The lowest BCUT2D eigenvalue weighted by molar-refractivity contribution is -0.172. The summed E-state index contributed by atoms with van der Waals surface area (Å²) in [6.45, 7) is 3.12. The van der Waals surface area contributed by atoms with Crippen LogP contribution in [0.1, 0.15) is 35.3 Å². The Bertz CT molecular complexity index is 1060. The normalized spacial score (nSPS) is 24.9. The molecule has 156 valence electrons. The lowest BCUT2D eigenvalue weighted by Gasteiger charge is -2.47. The van der Waals surface area contributed by atoms with Gasteiger partial charge in [0.15, 0.2) is 0 Å². The van der Waals surface area contributed by atoms with E-state index in [1.54, 1.807) is 11.8 Å². The van der Waals surface area contributed by atoms with Gasteiger partial charge in [-0.15, -0.1) is 0 Å². The summed E-state index contributed by atoms with van der Waals surface area (Å²) in [7, 11) is 0. The number of aromatic carboxylic acids is 1. The maximum absolute atomic E-state index is 14.5. The standard InChI is InChI=1S/C19H19F4N3O3/c1-10-18(9-19(21,22)23,25-4-2-24-3-5-25)14-7-11(20)6-12-15(14)26(10)8-13(16(12)27)17(28)29/h6-8,10,24H,2-5,9H2,1H3,(H,28,29). The molecular formula is C19H19F4N3O3. The highest BCUT2D eigenvalue weighted by molar-refractivity contribution is 5.94. The van der Waals surface area contributed by atoms with Crippen LogP contribution < -0.4 is 10.7 Å². The Labute approximate surface area is 162 Å². The van der Waals surface area contributed by atoms with Crippen LogP contribution in [0.5, 0.6) is 0 Å². The average molecular weight is 413 g/mol. The minimum absolute atomic E-state index is 0.0771. The zero-order valence-electron chi connectivity index (χ0n) is 15.5. The summed E-state index contributed by atoms with van der Waals surface area (Å²) in [4.78, 5) is 25.8. The molecule has 10 heteroatoms.